The average Bonchev–Trinajstić information content (AvgIpc) is 3.12. The molecule has 3 rings (SSSR count). The molecule has 158 valence electrons. The summed E-state index contributed by atoms with van der Waals surface area (Å²) in [6.45, 7) is 5.06. The Morgan fingerprint density at radius 3 is 2.63 bits per heavy atom. The molecule has 0 saturated carbocycles. The highest BCUT2D eigenvalue weighted by Gasteiger charge is 2.18. The quantitative estimate of drug-likeness (QED) is 0.488. The molecule has 1 aromatic carbocycles. The van der Waals surface area contributed by atoms with E-state index in [1.54, 1.807) is 19.1 Å². The third kappa shape index (κ3) is 5.61. The van der Waals surface area contributed by atoms with Crippen molar-refractivity contribution in [2.75, 3.05) is 43.1 Å². The highest BCUT2D eigenvalue weighted by atomic mass is 35.5. The second-order valence-electron chi connectivity index (χ2n) is 6.68. The Labute approximate surface area is 178 Å². The van der Waals surface area contributed by atoms with Gasteiger partial charge in [0.2, 0.25) is 11.9 Å². The van der Waals surface area contributed by atoms with Gasteiger partial charge in [0.05, 0.1) is 10.7 Å². The Bertz CT molecular complexity index is 1020. The van der Waals surface area contributed by atoms with Crippen LogP contribution < -0.4 is 16.0 Å². The number of amides is 1. The number of carbonyl (C=O) groups excluding carboxylic acids is 1. The van der Waals surface area contributed by atoms with Crippen LogP contribution >= 0.6 is 11.6 Å². The smallest absolute Gasteiger partial charge is 0.322 e. The lowest BCUT2D eigenvalue weighted by atomic mass is 10.2. The molecule has 0 aliphatic carbocycles. The SMILES string of the molecule is Cc1nc(NCCN(C)C)nc(Nc2nnc(C(=O)Nc3c(C)cccc3Cl)o2)n1. The molecule has 3 aromatic rings. The normalized spacial score (nSPS) is 10.9. The molecule has 30 heavy (non-hydrogen) atoms. The summed E-state index contributed by atoms with van der Waals surface area (Å²) in [5.41, 5.74) is 1.29. The molecular formula is C18H22ClN9O2. The molecule has 11 nitrogen and oxygen atoms in total. The lowest BCUT2D eigenvalue weighted by Crippen LogP contribution is -2.22. The summed E-state index contributed by atoms with van der Waals surface area (Å²) in [5, 5.41) is 16.6. The van der Waals surface area contributed by atoms with E-state index in [-0.39, 0.29) is 17.9 Å². The van der Waals surface area contributed by atoms with Crippen LogP contribution in [0.25, 0.3) is 0 Å². The maximum Gasteiger partial charge on any atom is 0.322 e. The second-order valence-corrected chi connectivity index (χ2v) is 7.09. The van der Waals surface area contributed by atoms with Crippen molar-refractivity contribution in [1.29, 1.82) is 0 Å². The Morgan fingerprint density at radius 2 is 1.90 bits per heavy atom. The van der Waals surface area contributed by atoms with Gasteiger partial charge in [0.15, 0.2) is 0 Å². The zero-order valence-corrected chi connectivity index (χ0v) is 17.8. The molecule has 2 heterocycles. The predicted octanol–water partition coefficient (Wildman–Crippen LogP) is 2.49. The Morgan fingerprint density at radius 1 is 1.13 bits per heavy atom. The Balaban J connectivity index is 1.68. The van der Waals surface area contributed by atoms with Crippen molar-refractivity contribution in [2.24, 2.45) is 0 Å². The van der Waals surface area contributed by atoms with Gasteiger partial charge in [-0.05, 0) is 39.6 Å². The van der Waals surface area contributed by atoms with Crippen LogP contribution in [0, 0.1) is 13.8 Å². The van der Waals surface area contributed by atoms with Crippen LogP contribution in [-0.4, -0.2) is 63.1 Å². The first-order valence-electron chi connectivity index (χ1n) is 9.10. The summed E-state index contributed by atoms with van der Waals surface area (Å²) < 4.78 is 5.38. The molecule has 0 aliphatic heterocycles. The summed E-state index contributed by atoms with van der Waals surface area (Å²) in [7, 11) is 3.95. The van der Waals surface area contributed by atoms with Gasteiger partial charge < -0.3 is 20.0 Å². The number of nitrogens with zero attached hydrogens (tertiary/aromatic N) is 6. The fourth-order valence-electron chi connectivity index (χ4n) is 2.43. The van der Waals surface area contributed by atoms with Crippen molar-refractivity contribution >= 4 is 41.1 Å². The molecular weight excluding hydrogens is 410 g/mol. The molecule has 0 saturated heterocycles. The molecule has 0 radical (unpaired) electrons. The molecule has 0 fully saturated rings. The van der Waals surface area contributed by atoms with Gasteiger partial charge in [-0.2, -0.15) is 15.0 Å². The van der Waals surface area contributed by atoms with E-state index in [4.69, 9.17) is 16.0 Å². The largest absolute Gasteiger partial charge is 0.399 e. The number of halogens is 1. The van der Waals surface area contributed by atoms with Crippen molar-refractivity contribution in [2.45, 2.75) is 13.8 Å². The van der Waals surface area contributed by atoms with E-state index >= 15 is 0 Å². The van der Waals surface area contributed by atoms with Gasteiger partial charge in [-0.15, -0.1) is 5.10 Å². The number of anilines is 4. The van der Waals surface area contributed by atoms with Gasteiger partial charge in [0.1, 0.15) is 5.82 Å². The van der Waals surface area contributed by atoms with Crippen LogP contribution in [0.1, 0.15) is 22.1 Å². The highest BCUT2D eigenvalue weighted by Crippen LogP contribution is 2.25. The van der Waals surface area contributed by atoms with E-state index in [1.807, 2.05) is 32.0 Å². The summed E-state index contributed by atoms with van der Waals surface area (Å²) in [6.07, 6.45) is 0. The van der Waals surface area contributed by atoms with Crippen molar-refractivity contribution in [3.8, 4) is 0 Å². The van der Waals surface area contributed by atoms with E-state index < -0.39 is 5.91 Å². The fraction of sp³-hybridized carbons (Fsp3) is 0.333. The Hall–Kier alpha value is -3.31. The zero-order valence-electron chi connectivity index (χ0n) is 17.0. The van der Waals surface area contributed by atoms with Gasteiger partial charge in [-0.25, -0.2) is 0 Å². The van der Waals surface area contributed by atoms with Crippen LogP contribution in [0.15, 0.2) is 22.6 Å². The number of benzene rings is 1. The van der Waals surface area contributed by atoms with E-state index in [0.29, 0.717) is 29.0 Å². The number of nitrogens with one attached hydrogen (secondary N) is 3. The predicted molar refractivity (Wildman–Crippen MR) is 113 cm³/mol. The minimum atomic E-state index is -0.579. The lowest BCUT2D eigenvalue weighted by Gasteiger charge is -2.11. The molecule has 12 heteroatoms. The Kier molecular flexibility index (Phi) is 6.75. The summed E-state index contributed by atoms with van der Waals surface area (Å²) in [4.78, 5) is 27.1. The average molecular weight is 432 g/mol. The van der Waals surface area contributed by atoms with Gasteiger partial charge >= 0.3 is 17.8 Å². The third-order valence-corrected chi connectivity index (χ3v) is 4.20. The van der Waals surface area contributed by atoms with Crippen LogP contribution in [0.3, 0.4) is 0 Å². The van der Waals surface area contributed by atoms with Crippen LogP contribution in [0.4, 0.5) is 23.6 Å². The molecule has 1 amide bonds. The van der Waals surface area contributed by atoms with Crippen molar-refractivity contribution < 1.29 is 9.21 Å². The van der Waals surface area contributed by atoms with E-state index in [0.717, 1.165) is 12.1 Å². The number of hydrogen-bond donors (Lipinski definition) is 3. The number of aryl methyl sites for hydroxylation is 2. The first kappa shape index (κ1) is 21.4. The van der Waals surface area contributed by atoms with Crippen LogP contribution in [0.2, 0.25) is 5.02 Å². The maximum atomic E-state index is 12.4. The minimum absolute atomic E-state index is 0.0270. The van der Waals surface area contributed by atoms with E-state index in [1.165, 1.54) is 0 Å². The third-order valence-electron chi connectivity index (χ3n) is 3.89. The topological polar surface area (TPSA) is 134 Å². The number of rotatable bonds is 8. The standard InChI is InChI=1S/C18H22ClN9O2/c1-10-6-5-7-12(19)13(10)23-14(29)15-26-27-18(30-15)25-17-22-11(2)21-16(24-17)20-8-9-28(3)4/h5-7H,8-9H2,1-4H3,(H,23,29)(H2,20,21,22,24,25,27). The molecule has 0 atom stereocenters. The number of likely N-dealkylation sites (N-methyl/N-ethyl adjacent to an activating group) is 1. The van der Waals surface area contributed by atoms with Gasteiger partial charge in [-0.3, -0.25) is 10.1 Å². The maximum absolute atomic E-state index is 12.4. The molecule has 0 unspecified atom stereocenters. The minimum Gasteiger partial charge on any atom is -0.399 e. The van der Waals surface area contributed by atoms with Crippen LogP contribution in [-0.2, 0) is 0 Å². The van der Waals surface area contributed by atoms with E-state index in [9.17, 15) is 4.79 Å². The van der Waals surface area contributed by atoms with Crippen molar-refractivity contribution in [3.63, 3.8) is 0 Å². The van der Waals surface area contributed by atoms with Gasteiger partial charge in [0, 0.05) is 13.1 Å². The van der Waals surface area contributed by atoms with Crippen molar-refractivity contribution in [1.82, 2.24) is 30.0 Å². The number of hydrogen-bond acceptors (Lipinski definition) is 10. The molecule has 0 aliphatic rings. The zero-order chi connectivity index (χ0) is 21.7. The number of aromatic nitrogens is 5. The number of para-hydroxylation sites is 1. The van der Waals surface area contributed by atoms with Gasteiger partial charge in [-0.1, -0.05) is 28.8 Å². The molecule has 2 aromatic heterocycles. The first-order valence-corrected chi connectivity index (χ1v) is 9.48. The summed E-state index contributed by atoms with van der Waals surface area (Å²) >= 11 is 6.13. The second kappa shape index (κ2) is 9.46. The van der Waals surface area contributed by atoms with Crippen LogP contribution in [0.5, 0.6) is 0 Å². The van der Waals surface area contributed by atoms with E-state index in [2.05, 4.69) is 41.1 Å². The number of carbonyl (C=O) groups is 1. The van der Waals surface area contributed by atoms with Crippen molar-refractivity contribution in [3.05, 3.63) is 40.5 Å². The summed E-state index contributed by atoms with van der Waals surface area (Å²) in [5.74, 6) is 0.328. The molecule has 3 N–H and O–H groups in total. The molecule has 0 spiro atoms. The highest BCUT2D eigenvalue weighted by molar-refractivity contribution is 6.34. The summed E-state index contributed by atoms with van der Waals surface area (Å²) in [6, 6.07) is 5.27. The molecule has 0 bridgehead atoms. The monoisotopic (exact) mass is 431 g/mol. The lowest BCUT2D eigenvalue weighted by molar-refractivity contribution is 0.0991. The first-order chi connectivity index (χ1) is 14.3. The van der Waals surface area contributed by atoms with Gasteiger partial charge in [0.25, 0.3) is 0 Å². The fourth-order valence-corrected chi connectivity index (χ4v) is 2.70.